The van der Waals surface area contributed by atoms with Crippen molar-refractivity contribution in [3.05, 3.63) is 11.0 Å². The molecule has 0 N–H and O–H groups in total. The molecule has 0 aromatic heterocycles. The smallest absolute Gasteiger partial charge is 0.155 e. The molecule has 6 heavy (non-hydrogen) atoms. The van der Waals surface area contributed by atoms with Crippen LogP contribution in [-0.2, 0) is 0 Å². The molecule has 0 aromatic carbocycles. The van der Waals surface area contributed by atoms with Crippen LogP contribution in [0.4, 0.5) is 0 Å². The van der Waals surface area contributed by atoms with E-state index in [0.717, 1.165) is 0 Å². The van der Waals surface area contributed by atoms with Gasteiger partial charge in [0.1, 0.15) is 0 Å². The zero-order valence-electron chi connectivity index (χ0n) is 3.40. The van der Waals surface area contributed by atoms with E-state index in [-0.39, 0.29) is 0 Å². The monoisotopic (exact) mass is 99.0 g/mol. The van der Waals surface area contributed by atoms with Gasteiger partial charge < -0.3 is 0 Å². The summed E-state index contributed by atoms with van der Waals surface area (Å²) in [5.74, 6) is 0. The minimum Gasteiger partial charge on any atom is -0.193 e. The maximum Gasteiger partial charge on any atom is 0.155 e. The number of nitrogens with zero attached hydrogens (tertiary/aromatic N) is 1. The van der Waals surface area contributed by atoms with Gasteiger partial charge in [-0.25, -0.2) is 0 Å². The molecule has 0 aromatic rings. The van der Waals surface area contributed by atoms with E-state index in [0.29, 0.717) is 4.93 Å². The lowest BCUT2D eigenvalue weighted by molar-refractivity contribution is 1.53. The summed E-state index contributed by atoms with van der Waals surface area (Å²) < 4.78 is 0. The Morgan fingerprint density at radius 3 is 2.50 bits per heavy atom. The van der Waals surface area contributed by atoms with Gasteiger partial charge in [0.2, 0.25) is 0 Å². The minimum atomic E-state index is 0.525. The molecule has 0 saturated carbocycles. The molecule has 0 aliphatic heterocycles. The molecule has 1 nitrogen and oxygen atoms in total. The van der Waals surface area contributed by atoms with E-state index >= 15 is 0 Å². The van der Waals surface area contributed by atoms with Gasteiger partial charge in [-0.2, -0.15) is 5.26 Å². The standard InChI is InChI=1S/C3H3BClN/c4-3(5)1-2-6/h1H,4H2/b3-1-. The first-order valence-corrected chi connectivity index (χ1v) is 1.87. The van der Waals surface area contributed by atoms with Crippen molar-refractivity contribution in [2.75, 3.05) is 0 Å². The van der Waals surface area contributed by atoms with Crippen molar-refractivity contribution in [2.24, 2.45) is 0 Å². The Labute approximate surface area is 42.6 Å². The van der Waals surface area contributed by atoms with Crippen molar-refractivity contribution in [1.82, 2.24) is 0 Å². The number of allylic oxidation sites excluding steroid dienone is 1. The van der Waals surface area contributed by atoms with Crippen molar-refractivity contribution >= 4 is 19.4 Å². The highest BCUT2D eigenvalue weighted by Gasteiger charge is 1.70. The Bertz CT molecular complexity index is 97.9. The summed E-state index contributed by atoms with van der Waals surface area (Å²) in [6.45, 7) is 0. The Morgan fingerprint density at radius 2 is 2.50 bits per heavy atom. The molecule has 0 saturated heterocycles. The zero-order valence-corrected chi connectivity index (χ0v) is 4.16. The van der Waals surface area contributed by atoms with Gasteiger partial charge in [0.25, 0.3) is 0 Å². The van der Waals surface area contributed by atoms with Crippen LogP contribution >= 0.6 is 11.6 Å². The molecule has 0 aliphatic rings. The number of hydrogen-bond donors (Lipinski definition) is 0. The molecule has 0 rings (SSSR count). The third kappa shape index (κ3) is 3.58. The van der Waals surface area contributed by atoms with Gasteiger partial charge in [-0.15, -0.1) is 11.6 Å². The van der Waals surface area contributed by atoms with Crippen LogP contribution in [0.3, 0.4) is 0 Å². The summed E-state index contributed by atoms with van der Waals surface area (Å²) >= 11 is 5.22. The molecule has 0 heterocycles. The van der Waals surface area contributed by atoms with E-state index in [9.17, 15) is 0 Å². The summed E-state index contributed by atoms with van der Waals surface area (Å²) in [6.07, 6.45) is 1.28. The number of nitriles is 1. The van der Waals surface area contributed by atoms with E-state index in [1.54, 1.807) is 13.9 Å². The summed E-state index contributed by atoms with van der Waals surface area (Å²) in [7, 11) is 1.66. The van der Waals surface area contributed by atoms with E-state index in [1.165, 1.54) is 6.08 Å². The molecule has 0 bridgehead atoms. The van der Waals surface area contributed by atoms with Gasteiger partial charge in [0.05, 0.1) is 6.07 Å². The average Bonchev–Trinajstić information content (AvgIpc) is 1.35. The summed E-state index contributed by atoms with van der Waals surface area (Å²) in [4.78, 5) is 0.525. The van der Waals surface area contributed by atoms with Crippen LogP contribution in [-0.4, -0.2) is 7.85 Å². The lowest BCUT2D eigenvalue weighted by Gasteiger charge is -1.67. The first kappa shape index (κ1) is 5.58. The quantitative estimate of drug-likeness (QED) is 0.315. The molecular weight excluding hydrogens is 96.3 g/mol. The van der Waals surface area contributed by atoms with Crippen LogP contribution in [0.1, 0.15) is 0 Å². The largest absolute Gasteiger partial charge is 0.193 e. The van der Waals surface area contributed by atoms with Gasteiger partial charge in [-0.3, -0.25) is 0 Å². The zero-order chi connectivity index (χ0) is 4.99. The Morgan fingerprint density at radius 1 is 2.00 bits per heavy atom. The predicted molar refractivity (Wildman–Crippen MR) is 28.1 cm³/mol. The van der Waals surface area contributed by atoms with Gasteiger partial charge in [-0.1, -0.05) is 0 Å². The van der Waals surface area contributed by atoms with Crippen molar-refractivity contribution < 1.29 is 0 Å². The van der Waals surface area contributed by atoms with E-state index in [1.807, 2.05) is 0 Å². The first-order chi connectivity index (χ1) is 2.77. The average molecular weight is 99.3 g/mol. The second kappa shape index (κ2) is 2.80. The van der Waals surface area contributed by atoms with Crippen LogP contribution < -0.4 is 0 Å². The topological polar surface area (TPSA) is 23.8 Å². The molecule has 3 heteroatoms. The van der Waals surface area contributed by atoms with Crippen LogP contribution in [0.25, 0.3) is 0 Å². The van der Waals surface area contributed by atoms with Crippen molar-refractivity contribution in [3.8, 4) is 6.07 Å². The molecule has 0 spiro atoms. The van der Waals surface area contributed by atoms with Crippen LogP contribution in [0, 0.1) is 11.3 Å². The fourth-order valence-corrected chi connectivity index (χ4v) is 0.138. The van der Waals surface area contributed by atoms with Gasteiger partial charge in [0, 0.05) is 6.08 Å². The normalized spacial score (nSPS) is 10.3. The van der Waals surface area contributed by atoms with Crippen LogP contribution in [0.2, 0.25) is 0 Å². The molecule has 0 unspecified atom stereocenters. The second-order valence-electron chi connectivity index (χ2n) is 0.860. The molecule has 0 fully saturated rings. The number of rotatable bonds is 0. The van der Waals surface area contributed by atoms with Crippen LogP contribution in [0.5, 0.6) is 0 Å². The maximum absolute atomic E-state index is 7.83. The molecule has 0 aliphatic carbocycles. The van der Waals surface area contributed by atoms with Crippen molar-refractivity contribution in [1.29, 1.82) is 5.26 Å². The summed E-state index contributed by atoms with van der Waals surface area (Å²) in [5, 5.41) is 7.83. The lowest BCUT2D eigenvalue weighted by atomic mass is 10.1. The first-order valence-electron chi connectivity index (χ1n) is 1.49. The molecule has 0 atom stereocenters. The Kier molecular flexibility index (Phi) is 2.61. The van der Waals surface area contributed by atoms with Gasteiger partial charge >= 0.3 is 0 Å². The van der Waals surface area contributed by atoms with Crippen molar-refractivity contribution in [2.45, 2.75) is 0 Å². The molecular formula is C3H3BClN. The third-order valence-corrected chi connectivity index (χ3v) is 0.373. The van der Waals surface area contributed by atoms with Crippen molar-refractivity contribution in [3.63, 3.8) is 0 Å². The maximum atomic E-state index is 7.83. The molecule has 0 radical (unpaired) electrons. The van der Waals surface area contributed by atoms with E-state index in [4.69, 9.17) is 16.9 Å². The van der Waals surface area contributed by atoms with E-state index in [2.05, 4.69) is 0 Å². The van der Waals surface area contributed by atoms with Gasteiger partial charge in [-0.05, 0) is 4.93 Å². The fourth-order valence-electron chi connectivity index (χ4n) is 0.0889. The highest BCUT2D eigenvalue weighted by atomic mass is 35.5. The molecule has 30 valence electrons. The predicted octanol–water partition coefficient (Wildman–Crippen LogP) is 0.223. The van der Waals surface area contributed by atoms with Crippen LogP contribution in [0.15, 0.2) is 11.0 Å². The molecule has 0 amide bonds. The number of hydrogen-bond acceptors (Lipinski definition) is 1. The van der Waals surface area contributed by atoms with Gasteiger partial charge in [0.15, 0.2) is 7.85 Å². The fraction of sp³-hybridized carbons (Fsp3) is 0. The lowest BCUT2D eigenvalue weighted by Crippen LogP contribution is -1.59. The Balaban J connectivity index is 3.51. The minimum absolute atomic E-state index is 0.525. The van der Waals surface area contributed by atoms with E-state index < -0.39 is 0 Å². The summed E-state index contributed by atoms with van der Waals surface area (Å²) in [6, 6.07) is 1.77. The highest BCUT2D eigenvalue weighted by Crippen LogP contribution is 1.88. The Hall–Kier alpha value is -0.415. The second-order valence-corrected chi connectivity index (χ2v) is 1.46. The summed E-state index contributed by atoms with van der Waals surface area (Å²) in [5.41, 5.74) is 0. The third-order valence-electron chi connectivity index (χ3n) is 0.263. The SMILES string of the molecule is B/C(Cl)=C/C#N. The highest BCUT2D eigenvalue weighted by molar-refractivity contribution is 6.52. The number of halogens is 1.